The van der Waals surface area contributed by atoms with Crippen LogP contribution >= 0.6 is 11.8 Å². The number of thioether (sulfide) groups is 1. The van der Waals surface area contributed by atoms with Crippen molar-refractivity contribution in [1.29, 1.82) is 0 Å². The molecular weight excluding hydrogens is 314 g/mol. The van der Waals surface area contributed by atoms with Gasteiger partial charge in [0.15, 0.2) is 0 Å². The number of carbonyl (C=O) groups is 2. The lowest BCUT2D eigenvalue weighted by molar-refractivity contribution is -0.143. The van der Waals surface area contributed by atoms with Gasteiger partial charge in [0, 0.05) is 30.5 Å². The van der Waals surface area contributed by atoms with Gasteiger partial charge < -0.3 is 20.3 Å². The molecule has 3 aliphatic heterocycles. The van der Waals surface area contributed by atoms with Gasteiger partial charge in [-0.1, -0.05) is 6.42 Å². The van der Waals surface area contributed by atoms with Gasteiger partial charge >= 0.3 is 6.03 Å². The molecular formula is C16H27N3O3S. The Morgan fingerprint density at radius 2 is 2.00 bits per heavy atom. The number of unbranched alkanes of at least 4 members (excludes halogenated alkanes) is 1. The SMILES string of the molecule is C[C@H]1CN(C(=O)CCCC[C@@H]2SC[C@@H]3NC(=O)N[C@@H]32)C[C@H](C)O1. The summed E-state index contributed by atoms with van der Waals surface area (Å²) in [5, 5.41) is 6.46. The van der Waals surface area contributed by atoms with E-state index >= 15 is 0 Å². The van der Waals surface area contributed by atoms with Crippen molar-refractivity contribution in [3.05, 3.63) is 0 Å². The second-order valence-corrected chi connectivity index (χ2v) is 8.20. The van der Waals surface area contributed by atoms with Crippen LogP contribution in [0.15, 0.2) is 0 Å². The monoisotopic (exact) mass is 341 g/mol. The van der Waals surface area contributed by atoms with Gasteiger partial charge in [0.2, 0.25) is 5.91 Å². The predicted molar refractivity (Wildman–Crippen MR) is 90.5 cm³/mol. The Bertz CT molecular complexity index is 452. The first-order chi connectivity index (χ1) is 11.0. The summed E-state index contributed by atoms with van der Waals surface area (Å²) in [4.78, 5) is 25.6. The molecule has 3 aliphatic rings. The molecule has 0 bridgehead atoms. The van der Waals surface area contributed by atoms with Crippen LogP contribution in [-0.2, 0) is 9.53 Å². The Morgan fingerprint density at radius 3 is 2.74 bits per heavy atom. The summed E-state index contributed by atoms with van der Waals surface area (Å²) in [6.07, 6.45) is 3.92. The highest BCUT2D eigenvalue weighted by molar-refractivity contribution is 8.00. The van der Waals surface area contributed by atoms with Gasteiger partial charge in [0.25, 0.3) is 0 Å². The molecule has 5 atom stereocenters. The Morgan fingerprint density at radius 1 is 1.26 bits per heavy atom. The van der Waals surface area contributed by atoms with Gasteiger partial charge in [0.1, 0.15) is 0 Å². The number of nitrogens with one attached hydrogen (secondary N) is 2. The molecule has 3 heterocycles. The topological polar surface area (TPSA) is 70.7 Å². The molecule has 7 heteroatoms. The van der Waals surface area contributed by atoms with Crippen LogP contribution in [0.3, 0.4) is 0 Å². The fraction of sp³-hybridized carbons (Fsp3) is 0.875. The van der Waals surface area contributed by atoms with Crippen LogP contribution in [0.4, 0.5) is 4.79 Å². The first-order valence-electron chi connectivity index (χ1n) is 8.65. The summed E-state index contributed by atoms with van der Waals surface area (Å²) in [5.41, 5.74) is 0. The van der Waals surface area contributed by atoms with Crippen LogP contribution in [0.1, 0.15) is 39.5 Å². The molecule has 0 radical (unpaired) electrons. The number of hydrogen-bond donors (Lipinski definition) is 2. The highest BCUT2D eigenvalue weighted by Gasteiger charge is 2.42. The highest BCUT2D eigenvalue weighted by atomic mass is 32.2. The average molecular weight is 341 g/mol. The van der Waals surface area contributed by atoms with Gasteiger partial charge in [-0.2, -0.15) is 11.8 Å². The lowest BCUT2D eigenvalue weighted by Crippen LogP contribution is -2.48. The Balaban J connectivity index is 1.35. The number of rotatable bonds is 5. The van der Waals surface area contributed by atoms with Gasteiger partial charge in [-0.15, -0.1) is 0 Å². The molecule has 3 amide bonds. The summed E-state index contributed by atoms with van der Waals surface area (Å²) in [6.45, 7) is 5.47. The van der Waals surface area contributed by atoms with E-state index in [-0.39, 0.29) is 36.2 Å². The molecule has 130 valence electrons. The van der Waals surface area contributed by atoms with E-state index in [1.54, 1.807) is 0 Å². The second kappa shape index (κ2) is 7.30. The zero-order chi connectivity index (χ0) is 16.4. The summed E-state index contributed by atoms with van der Waals surface area (Å²) in [7, 11) is 0. The molecule has 0 aliphatic carbocycles. The average Bonchev–Trinajstić information content (AvgIpc) is 3.02. The number of carbonyl (C=O) groups excluding carboxylic acids is 2. The second-order valence-electron chi connectivity index (χ2n) is 6.92. The summed E-state index contributed by atoms with van der Waals surface area (Å²) in [6, 6.07) is 0.524. The first-order valence-corrected chi connectivity index (χ1v) is 9.69. The lowest BCUT2D eigenvalue weighted by Gasteiger charge is -2.35. The van der Waals surface area contributed by atoms with Gasteiger partial charge in [-0.05, 0) is 26.7 Å². The summed E-state index contributed by atoms with van der Waals surface area (Å²) in [5.74, 6) is 1.25. The van der Waals surface area contributed by atoms with Crippen LogP contribution in [0.25, 0.3) is 0 Å². The van der Waals surface area contributed by atoms with E-state index in [4.69, 9.17) is 4.74 Å². The van der Waals surface area contributed by atoms with Gasteiger partial charge in [0.05, 0.1) is 24.3 Å². The predicted octanol–water partition coefficient (Wildman–Crippen LogP) is 1.35. The normalized spacial score (nSPS) is 36.5. The maximum atomic E-state index is 12.3. The lowest BCUT2D eigenvalue weighted by atomic mass is 10.0. The fourth-order valence-electron chi connectivity index (χ4n) is 3.80. The number of ether oxygens (including phenoxy) is 1. The van der Waals surface area contributed by atoms with Crippen molar-refractivity contribution in [3.63, 3.8) is 0 Å². The standard InChI is InChI=1S/C16H27N3O3S/c1-10-7-19(8-11(2)22-10)14(20)6-4-3-5-13-15-12(9-23-13)17-16(21)18-15/h10-13,15H,3-9H2,1-2H3,(H2,17,18,21)/t10-,11-,12-,13-,15-/m0/s1. The van der Waals surface area contributed by atoms with E-state index in [0.717, 1.165) is 25.0 Å². The molecule has 3 rings (SSSR count). The summed E-state index contributed by atoms with van der Waals surface area (Å²) >= 11 is 1.93. The molecule has 0 unspecified atom stereocenters. The van der Waals surface area contributed by atoms with E-state index in [9.17, 15) is 9.59 Å². The van der Waals surface area contributed by atoms with E-state index in [1.165, 1.54) is 0 Å². The van der Waals surface area contributed by atoms with E-state index < -0.39 is 0 Å². The molecule has 0 saturated carbocycles. The minimum atomic E-state index is -0.0314. The quantitative estimate of drug-likeness (QED) is 0.585. The highest BCUT2D eigenvalue weighted by Crippen LogP contribution is 2.33. The molecule has 0 aromatic heterocycles. The van der Waals surface area contributed by atoms with E-state index in [1.807, 2.05) is 30.5 Å². The van der Waals surface area contributed by atoms with Gasteiger partial charge in [-0.25, -0.2) is 4.79 Å². The molecule has 6 nitrogen and oxygen atoms in total. The number of nitrogens with zero attached hydrogens (tertiary/aromatic N) is 1. The molecule has 23 heavy (non-hydrogen) atoms. The number of urea groups is 1. The molecule has 0 aromatic carbocycles. The van der Waals surface area contributed by atoms with Crippen molar-refractivity contribution in [1.82, 2.24) is 15.5 Å². The van der Waals surface area contributed by atoms with Crippen molar-refractivity contribution >= 4 is 23.7 Å². The molecule has 3 fully saturated rings. The Labute approximate surface area is 142 Å². The van der Waals surface area contributed by atoms with Gasteiger partial charge in [-0.3, -0.25) is 4.79 Å². The summed E-state index contributed by atoms with van der Waals surface area (Å²) < 4.78 is 5.67. The maximum absolute atomic E-state index is 12.3. The van der Waals surface area contributed by atoms with Crippen LogP contribution < -0.4 is 10.6 Å². The maximum Gasteiger partial charge on any atom is 0.315 e. The minimum absolute atomic E-state index is 0.0314. The van der Waals surface area contributed by atoms with Crippen molar-refractivity contribution in [3.8, 4) is 0 Å². The van der Waals surface area contributed by atoms with Crippen molar-refractivity contribution in [2.45, 2.75) is 69.1 Å². The third-order valence-electron chi connectivity index (χ3n) is 4.84. The Hall–Kier alpha value is -0.950. The molecule has 3 saturated heterocycles. The fourth-order valence-corrected chi connectivity index (χ4v) is 5.35. The van der Waals surface area contributed by atoms with Crippen LogP contribution in [0, 0.1) is 0 Å². The van der Waals surface area contributed by atoms with Crippen LogP contribution in [-0.4, -0.2) is 65.2 Å². The van der Waals surface area contributed by atoms with Crippen molar-refractivity contribution in [2.75, 3.05) is 18.8 Å². The number of amides is 3. The number of hydrogen-bond acceptors (Lipinski definition) is 4. The Kier molecular flexibility index (Phi) is 5.36. The van der Waals surface area contributed by atoms with E-state index in [2.05, 4.69) is 10.6 Å². The van der Waals surface area contributed by atoms with Crippen molar-refractivity contribution < 1.29 is 14.3 Å². The third-order valence-corrected chi connectivity index (χ3v) is 6.35. The van der Waals surface area contributed by atoms with Crippen molar-refractivity contribution in [2.24, 2.45) is 0 Å². The largest absolute Gasteiger partial charge is 0.372 e. The molecule has 2 N–H and O–H groups in total. The number of fused-ring (bicyclic) bond motifs is 1. The van der Waals surface area contributed by atoms with E-state index in [0.29, 0.717) is 24.8 Å². The zero-order valence-corrected chi connectivity index (χ0v) is 14.7. The van der Waals surface area contributed by atoms with Crippen LogP contribution in [0.2, 0.25) is 0 Å². The minimum Gasteiger partial charge on any atom is -0.372 e. The zero-order valence-electron chi connectivity index (χ0n) is 13.9. The molecule has 0 spiro atoms. The third kappa shape index (κ3) is 4.12. The smallest absolute Gasteiger partial charge is 0.315 e. The first kappa shape index (κ1) is 16.9. The number of morpholine rings is 1. The molecule has 0 aromatic rings. The van der Waals surface area contributed by atoms with Crippen LogP contribution in [0.5, 0.6) is 0 Å².